The van der Waals surface area contributed by atoms with Crippen LogP contribution in [0.5, 0.6) is 5.75 Å². The van der Waals surface area contributed by atoms with Crippen LogP contribution in [0.15, 0.2) is 24.3 Å². The molecule has 0 spiro atoms. The maximum Gasteiger partial charge on any atom is 0.119 e. The highest BCUT2D eigenvalue weighted by atomic mass is 16.5. The van der Waals surface area contributed by atoms with E-state index < -0.39 is 0 Å². The van der Waals surface area contributed by atoms with Crippen molar-refractivity contribution < 1.29 is 4.74 Å². The minimum absolute atomic E-state index is 0.152. The Bertz CT molecular complexity index is 353. The lowest BCUT2D eigenvalue weighted by atomic mass is 10.1. The van der Waals surface area contributed by atoms with E-state index in [0.29, 0.717) is 19.6 Å². The highest BCUT2D eigenvalue weighted by Gasteiger charge is 2.08. The van der Waals surface area contributed by atoms with Crippen molar-refractivity contribution in [1.82, 2.24) is 5.32 Å². The minimum atomic E-state index is 0.152. The van der Waals surface area contributed by atoms with E-state index in [9.17, 15) is 0 Å². The Labute approximate surface area is 103 Å². The molecule has 0 amide bonds. The molecule has 3 nitrogen and oxygen atoms in total. The largest absolute Gasteiger partial charge is 0.494 e. The summed E-state index contributed by atoms with van der Waals surface area (Å²) in [6.07, 6.45) is 5.93. The van der Waals surface area contributed by atoms with Crippen molar-refractivity contribution in [2.45, 2.75) is 19.4 Å². The summed E-state index contributed by atoms with van der Waals surface area (Å²) in [6, 6.07) is 8.14. The number of hydrogen-bond acceptors (Lipinski definition) is 3. The fraction of sp³-hybridized carbons (Fsp3) is 0.429. The first-order chi connectivity index (χ1) is 8.31. The Hall–Kier alpha value is -1.50. The van der Waals surface area contributed by atoms with Crippen LogP contribution < -0.4 is 15.8 Å². The van der Waals surface area contributed by atoms with Crippen molar-refractivity contribution in [2.24, 2.45) is 5.73 Å². The molecule has 1 aromatic rings. The molecule has 1 rings (SSSR count). The third kappa shape index (κ3) is 4.48. The van der Waals surface area contributed by atoms with Crippen molar-refractivity contribution in [1.29, 1.82) is 0 Å². The van der Waals surface area contributed by atoms with Crippen LogP contribution in [0.2, 0.25) is 0 Å². The first kappa shape index (κ1) is 13.6. The van der Waals surface area contributed by atoms with Crippen molar-refractivity contribution in [3.63, 3.8) is 0 Å². The van der Waals surface area contributed by atoms with Gasteiger partial charge in [0.15, 0.2) is 0 Å². The van der Waals surface area contributed by atoms with E-state index in [0.717, 1.165) is 17.9 Å². The summed E-state index contributed by atoms with van der Waals surface area (Å²) < 4.78 is 5.39. The average Bonchev–Trinajstić information content (AvgIpc) is 2.36. The Morgan fingerprint density at radius 1 is 1.41 bits per heavy atom. The zero-order valence-electron chi connectivity index (χ0n) is 10.3. The smallest absolute Gasteiger partial charge is 0.119 e. The van der Waals surface area contributed by atoms with Gasteiger partial charge in [-0.05, 0) is 24.6 Å². The van der Waals surface area contributed by atoms with Gasteiger partial charge in [0.2, 0.25) is 0 Å². The maximum absolute atomic E-state index is 5.74. The molecule has 0 saturated carbocycles. The summed E-state index contributed by atoms with van der Waals surface area (Å²) in [5.41, 5.74) is 6.90. The van der Waals surface area contributed by atoms with Gasteiger partial charge in [-0.25, -0.2) is 0 Å². The lowest BCUT2D eigenvalue weighted by Gasteiger charge is -2.17. The maximum atomic E-state index is 5.74. The number of rotatable bonds is 7. The Kier molecular flexibility index (Phi) is 6.16. The van der Waals surface area contributed by atoms with Gasteiger partial charge >= 0.3 is 0 Å². The molecular formula is C14H20N2O. The van der Waals surface area contributed by atoms with Gasteiger partial charge in [-0.15, -0.1) is 12.3 Å². The third-order valence-electron chi connectivity index (χ3n) is 2.49. The van der Waals surface area contributed by atoms with E-state index in [1.807, 2.05) is 31.2 Å². The molecule has 0 aromatic heterocycles. The summed E-state index contributed by atoms with van der Waals surface area (Å²) in [7, 11) is 0. The Morgan fingerprint density at radius 2 is 2.12 bits per heavy atom. The molecule has 1 unspecified atom stereocenters. The Morgan fingerprint density at radius 3 is 2.65 bits per heavy atom. The molecule has 17 heavy (non-hydrogen) atoms. The summed E-state index contributed by atoms with van der Waals surface area (Å²) >= 11 is 0. The Balaban J connectivity index is 2.59. The van der Waals surface area contributed by atoms with Gasteiger partial charge in [0, 0.05) is 25.6 Å². The van der Waals surface area contributed by atoms with Gasteiger partial charge in [-0.3, -0.25) is 0 Å². The SMILES string of the molecule is C#CCCNC(CN)c1ccc(OCC)cc1. The number of nitrogens with one attached hydrogen (secondary N) is 1. The highest BCUT2D eigenvalue weighted by Crippen LogP contribution is 2.17. The van der Waals surface area contributed by atoms with Gasteiger partial charge in [0.25, 0.3) is 0 Å². The van der Waals surface area contributed by atoms with E-state index in [1.54, 1.807) is 0 Å². The molecule has 0 aliphatic heterocycles. The molecular weight excluding hydrogens is 212 g/mol. The molecule has 92 valence electrons. The molecule has 3 N–H and O–H groups in total. The van der Waals surface area contributed by atoms with Crippen LogP contribution in [0, 0.1) is 12.3 Å². The molecule has 1 aromatic carbocycles. The van der Waals surface area contributed by atoms with Crippen LogP contribution in [0.3, 0.4) is 0 Å². The van der Waals surface area contributed by atoms with Crippen LogP contribution in [-0.2, 0) is 0 Å². The average molecular weight is 232 g/mol. The van der Waals surface area contributed by atoms with Crippen molar-refractivity contribution in [3.05, 3.63) is 29.8 Å². The quantitative estimate of drug-likeness (QED) is 0.555. The second-order valence-corrected chi connectivity index (χ2v) is 3.70. The summed E-state index contributed by atoms with van der Waals surface area (Å²) in [6.45, 7) is 3.99. The molecule has 1 atom stereocenters. The van der Waals surface area contributed by atoms with Crippen molar-refractivity contribution in [2.75, 3.05) is 19.7 Å². The second kappa shape index (κ2) is 7.72. The van der Waals surface area contributed by atoms with Gasteiger partial charge in [0.1, 0.15) is 5.75 Å². The van der Waals surface area contributed by atoms with Crippen LogP contribution in [0.25, 0.3) is 0 Å². The lowest BCUT2D eigenvalue weighted by molar-refractivity contribution is 0.340. The number of ether oxygens (including phenoxy) is 1. The van der Waals surface area contributed by atoms with Crippen LogP contribution >= 0.6 is 0 Å². The van der Waals surface area contributed by atoms with Crippen LogP contribution in [-0.4, -0.2) is 19.7 Å². The number of terminal acetylenes is 1. The standard InChI is InChI=1S/C14H20N2O/c1-3-5-10-16-14(11-15)12-6-8-13(9-7-12)17-4-2/h1,6-9,14,16H,4-5,10-11,15H2,2H3. The topological polar surface area (TPSA) is 47.3 Å². The van der Waals surface area contributed by atoms with Crippen LogP contribution in [0.1, 0.15) is 24.9 Å². The molecule has 0 fully saturated rings. The van der Waals surface area contributed by atoms with Gasteiger partial charge < -0.3 is 15.8 Å². The highest BCUT2D eigenvalue weighted by molar-refractivity contribution is 5.29. The summed E-state index contributed by atoms with van der Waals surface area (Å²) in [5, 5.41) is 3.33. The first-order valence-electron chi connectivity index (χ1n) is 5.91. The molecule has 0 aliphatic rings. The van der Waals surface area contributed by atoms with Gasteiger partial charge in [0.05, 0.1) is 6.61 Å². The summed E-state index contributed by atoms with van der Waals surface area (Å²) in [5.74, 6) is 3.49. The molecule has 0 bridgehead atoms. The second-order valence-electron chi connectivity index (χ2n) is 3.70. The van der Waals surface area contributed by atoms with E-state index in [2.05, 4.69) is 11.2 Å². The lowest BCUT2D eigenvalue weighted by Crippen LogP contribution is -2.28. The zero-order chi connectivity index (χ0) is 12.5. The van der Waals surface area contributed by atoms with Crippen LogP contribution in [0.4, 0.5) is 0 Å². The monoisotopic (exact) mass is 232 g/mol. The fourth-order valence-corrected chi connectivity index (χ4v) is 1.62. The zero-order valence-corrected chi connectivity index (χ0v) is 10.3. The predicted octanol–water partition coefficient (Wildman–Crippen LogP) is 1.70. The molecule has 0 aliphatic carbocycles. The third-order valence-corrected chi connectivity index (χ3v) is 2.49. The normalized spacial score (nSPS) is 11.8. The number of benzene rings is 1. The van der Waals surface area contributed by atoms with Gasteiger partial charge in [-0.2, -0.15) is 0 Å². The van der Waals surface area contributed by atoms with Crippen molar-refractivity contribution >= 4 is 0 Å². The van der Waals surface area contributed by atoms with E-state index in [-0.39, 0.29) is 6.04 Å². The molecule has 3 heteroatoms. The first-order valence-corrected chi connectivity index (χ1v) is 5.91. The molecule has 0 saturated heterocycles. The van der Waals surface area contributed by atoms with Gasteiger partial charge in [-0.1, -0.05) is 12.1 Å². The molecule has 0 radical (unpaired) electrons. The van der Waals surface area contributed by atoms with Crippen molar-refractivity contribution in [3.8, 4) is 18.1 Å². The number of hydrogen-bond donors (Lipinski definition) is 2. The summed E-state index contributed by atoms with van der Waals surface area (Å²) in [4.78, 5) is 0. The number of nitrogens with two attached hydrogens (primary N) is 1. The molecule has 0 heterocycles. The minimum Gasteiger partial charge on any atom is -0.494 e. The predicted molar refractivity (Wildman–Crippen MR) is 70.9 cm³/mol. The fourth-order valence-electron chi connectivity index (χ4n) is 1.62. The van der Waals surface area contributed by atoms with E-state index >= 15 is 0 Å². The van der Waals surface area contributed by atoms with E-state index in [4.69, 9.17) is 16.9 Å². The van der Waals surface area contributed by atoms with E-state index in [1.165, 1.54) is 0 Å².